The SMILES string of the molecule is CCCNc1nc(CN2CCN(C(=O)c3ccccc3-c3ccccc3)CC2)nc2ccccc12. The van der Waals surface area contributed by atoms with Gasteiger partial charge in [-0.2, -0.15) is 0 Å². The zero-order chi connectivity index (χ0) is 24.0. The Labute approximate surface area is 206 Å². The van der Waals surface area contributed by atoms with Gasteiger partial charge in [0.15, 0.2) is 0 Å². The van der Waals surface area contributed by atoms with Crippen LogP contribution >= 0.6 is 0 Å². The molecule has 1 aliphatic heterocycles. The number of anilines is 1. The number of aromatic nitrogens is 2. The van der Waals surface area contributed by atoms with Crippen LogP contribution in [0.4, 0.5) is 5.82 Å². The summed E-state index contributed by atoms with van der Waals surface area (Å²) < 4.78 is 0. The lowest BCUT2D eigenvalue weighted by Crippen LogP contribution is -2.48. The molecule has 3 aromatic carbocycles. The lowest BCUT2D eigenvalue weighted by Gasteiger charge is -2.34. The molecule has 5 rings (SSSR count). The van der Waals surface area contributed by atoms with Gasteiger partial charge in [-0.1, -0.05) is 67.6 Å². The Hall–Kier alpha value is -3.77. The molecule has 35 heavy (non-hydrogen) atoms. The zero-order valence-electron chi connectivity index (χ0n) is 20.2. The van der Waals surface area contributed by atoms with E-state index in [9.17, 15) is 4.79 Å². The summed E-state index contributed by atoms with van der Waals surface area (Å²) >= 11 is 0. The minimum absolute atomic E-state index is 0.0945. The highest BCUT2D eigenvalue weighted by molar-refractivity contribution is 6.01. The number of benzene rings is 3. The summed E-state index contributed by atoms with van der Waals surface area (Å²) in [6.45, 7) is 6.68. The fourth-order valence-corrected chi connectivity index (χ4v) is 4.59. The second kappa shape index (κ2) is 10.7. The molecular formula is C29H31N5O. The van der Waals surface area contributed by atoms with E-state index in [4.69, 9.17) is 9.97 Å². The van der Waals surface area contributed by atoms with Gasteiger partial charge in [-0.05, 0) is 35.7 Å². The second-order valence-electron chi connectivity index (χ2n) is 8.91. The van der Waals surface area contributed by atoms with E-state index in [1.54, 1.807) is 0 Å². The third kappa shape index (κ3) is 5.17. The minimum Gasteiger partial charge on any atom is -0.369 e. The first-order chi connectivity index (χ1) is 17.2. The maximum Gasteiger partial charge on any atom is 0.254 e. The largest absolute Gasteiger partial charge is 0.369 e. The normalized spacial score (nSPS) is 14.3. The van der Waals surface area contributed by atoms with Crippen molar-refractivity contribution in [3.8, 4) is 11.1 Å². The number of hydrogen-bond acceptors (Lipinski definition) is 5. The number of para-hydroxylation sites is 1. The summed E-state index contributed by atoms with van der Waals surface area (Å²) in [5.41, 5.74) is 3.77. The lowest BCUT2D eigenvalue weighted by atomic mass is 9.98. The highest BCUT2D eigenvalue weighted by atomic mass is 16.2. The van der Waals surface area contributed by atoms with Crippen LogP contribution in [0.1, 0.15) is 29.5 Å². The Morgan fingerprint density at radius 1 is 0.857 bits per heavy atom. The van der Waals surface area contributed by atoms with E-state index in [1.165, 1.54) is 0 Å². The third-order valence-corrected chi connectivity index (χ3v) is 6.46. The highest BCUT2D eigenvalue weighted by Gasteiger charge is 2.24. The van der Waals surface area contributed by atoms with Gasteiger partial charge in [-0.25, -0.2) is 9.97 Å². The number of carbonyl (C=O) groups excluding carboxylic acids is 1. The number of amides is 1. The summed E-state index contributed by atoms with van der Waals surface area (Å²) in [7, 11) is 0. The van der Waals surface area contributed by atoms with Gasteiger partial charge in [0.2, 0.25) is 0 Å². The quantitative estimate of drug-likeness (QED) is 0.413. The Morgan fingerprint density at radius 3 is 2.37 bits per heavy atom. The van der Waals surface area contributed by atoms with Gasteiger partial charge in [0.1, 0.15) is 11.6 Å². The number of nitrogens with zero attached hydrogens (tertiary/aromatic N) is 4. The maximum absolute atomic E-state index is 13.4. The first-order valence-corrected chi connectivity index (χ1v) is 12.4. The molecule has 1 N–H and O–H groups in total. The van der Waals surface area contributed by atoms with Crippen molar-refractivity contribution in [1.29, 1.82) is 0 Å². The van der Waals surface area contributed by atoms with Crippen LogP contribution < -0.4 is 5.32 Å². The van der Waals surface area contributed by atoms with Crippen molar-refractivity contribution in [2.45, 2.75) is 19.9 Å². The molecule has 6 nitrogen and oxygen atoms in total. The van der Waals surface area contributed by atoms with E-state index < -0.39 is 0 Å². The highest BCUT2D eigenvalue weighted by Crippen LogP contribution is 2.25. The molecule has 2 heterocycles. The molecular weight excluding hydrogens is 434 g/mol. The van der Waals surface area contributed by atoms with E-state index in [1.807, 2.05) is 65.6 Å². The van der Waals surface area contributed by atoms with Crippen molar-refractivity contribution < 1.29 is 4.79 Å². The number of rotatable bonds is 7. The van der Waals surface area contributed by atoms with Crippen molar-refractivity contribution in [1.82, 2.24) is 19.8 Å². The fraction of sp³-hybridized carbons (Fsp3) is 0.276. The van der Waals surface area contributed by atoms with E-state index in [0.29, 0.717) is 19.6 Å². The maximum atomic E-state index is 13.4. The molecule has 1 aliphatic rings. The molecule has 0 radical (unpaired) electrons. The van der Waals surface area contributed by atoms with Crippen LogP contribution in [0.5, 0.6) is 0 Å². The lowest BCUT2D eigenvalue weighted by molar-refractivity contribution is 0.0626. The number of piperazine rings is 1. The minimum atomic E-state index is 0.0945. The molecule has 1 aromatic heterocycles. The number of hydrogen-bond donors (Lipinski definition) is 1. The summed E-state index contributed by atoms with van der Waals surface area (Å²) in [6.07, 6.45) is 1.04. The second-order valence-corrected chi connectivity index (χ2v) is 8.91. The van der Waals surface area contributed by atoms with Gasteiger partial charge in [-0.15, -0.1) is 0 Å². The smallest absolute Gasteiger partial charge is 0.254 e. The van der Waals surface area contributed by atoms with E-state index >= 15 is 0 Å². The number of fused-ring (bicyclic) bond motifs is 1. The van der Waals surface area contributed by atoms with Gasteiger partial charge in [-0.3, -0.25) is 9.69 Å². The molecule has 4 aromatic rings. The number of carbonyl (C=O) groups is 1. The van der Waals surface area contributed by atoms with Crippen molar-refractivity contribution in [3.05, 3.63) is 90.3 Å². The predicted octanol–water partition coefficient (Wildman–Crippen LogP) is 5.08. The molecule has 0 saturated carbocycles. The molecule has 1 fully saturated rings. The van der Waals surface area contributed by atoms with E-state index in [-0.39, 0.29) is 5.91 Å². The summed E-state index contributed by atoms with van der Waals surface area (Å²) in [6, 6.07) is 26.2. The molecule has 0 bridgehead atoms. The monoisotopic (exact) mass is 465 g/mol. The Morgan fingerprint density at radius 2 is 1.57 bits per heavy atom. The van der Waals surface area contributed by atoms with Crippen molar-refractivity contribution in [2.24, 2.45) is 0 Å². The average Bonchev–Trinajstić information content (AvgIpc) is 2.92. The molecule has 0 aliphatic carbocycles. The van der Waals surface area contributed by atoms with Crippen LogP contribution in [0, 0.1) is 0 Å². The Kier molecular flexibility index (Phi) is 7.00. The third-order valence-electron chi connectivity index (χ3n) is 6.46. The van der Waals surface area contributed by atoms with Crippen LogP contribution in [-0.2, 0) is 6.54 Å². The molecule has 0 unspecified atom stereocenters. The van der Waals surface area contributed by atoms with Crippen molar-refractivity contribution in [3.63, 3.8) is 0 Å². The molecule has 178 valence electrons. The molecule has 0 atom stereocenters. The van der Waals surface area contributed by atoms with Gasteiger partial charge in [0.05, 0.1) is 12.1 Å². The van der Waals surface area contributed by atoms with E-state index in [0.717, 1.165) is 65.3 Å². The standard InChI is InChI=1S/C29H31N5O/c1-2-16-30-28-25-14-8-9-15-26(25)31-27(32-28)21-33-17-19-34(20-18-33)29(35)24-13-7-6-12-23(24)22-10-4-3-5-11-22/h3-15H,2,16-21H2,1H3,(H,30,31,32). The zero-order valence-corrected chi connectivity index (χ0v) is 20.2. The summed E-state index contributed by atoms with van der Waals surface area (Å²) in [5, 5.41) is 4.50. The van der Waals surface area contributed by atoms with Gasteiger partial charge in [0, 0.05) is 43.7 Å². The van der Waals surface area contributed by atoms with E-state index in [2.05, 4.69) is 35.3 Å². The molecule has 0 spiro atoms. The van der Waals surface area contributed by atoms with Crippen LogP contribution in [0.15, 0.2) is 78.9 Å². The van der Waals surface area contributed by atoms with Crippen molar-refractivity contribution in [2.75, 3.05) is 38.0 Å². The van der Waals surface area contributed by atoms with Gasteiger partial charge >= 0.3 is 0 Å². The first-order valence-electron chi connectivity index (χ1n) is 12.4. The average molecular weight is 466 g/mol. The summed E-state index contributed by atoms with van der Waals surface area (Å²) in [5.74, 6) is 1.81. The van der Waals surface area contributed by atoms with Crippen LogP contribution in [-0.4, -0.2) is 58.4 Å². The van der Waals surface area contributed by atoms with Crippen LogP contribution in [0.2, 0.25) is 0 Å². The number of nitrogens with one attached hydrogen (secondary N) is 1. The first kappa shape index (κ1) is 23.0. The van der Waals surface area contributed by atoms with Gasteiger partial charge in [0.25, 0.3) is 5.91 Å². The van der Waals surface area contributed by atoms with Crippen molar-refractivity contribution >= 4 is 22.6 Å². The molecule has 1 saturated heterocycles. The predicted molar refractivity (Wildman–Crippen MR) is 141 cm³/mol. The van der Waals surface area contributed by atoms with Crippen LogP contribution in [0.25, 0.3) is 22.0 Å². The Bertz CT molecular complexity index is 1300. The topological polar surface area (TPSA) is 61.4 Å². The summed E-state index contributed by atoms with van der Waals surface area (Å²) in [4.78, 5) is 27.4. The molecule has 6 heteroatoms. The molecule has 1 amide bonds. The van der Waals surface area contributed by atoms with Gasteiger partial charge < -0.3 is 10.2 Å². The fourth-order valence-electron chi connectivity index (χ4n) is 4.59. The Balaban J connectivity index is 1.27. The van der Waals surface area contributed by atoms with Crippen LogP contribution in [0.3, 0.4) is 0 Å².